The summed E-state index contributed by atoms with van der Waals surface area (Å²) >= 11 is 0. The van der Waals surface area contributed by atoms with E-state index < -0.39 is 5.92 Å². The quantitative estimate of drug-likeness (QED) is 0.863. The lowest BCUT2D eigenvalue weighted by Crippen LogP contribution is -2.21. The smallest absolute Gasteiger partial charge is 0.241 e. The van der Waals surface area contributed by atoms with Gasteiger partial charge in [0, 0.05) is 5.69 Å². The highest BCUT2D eigenvalue weighted by atomic mass is 16.1. The van der Waals surface area contributed by atoms with E-state index in [1.807, 2.05) is 45.0 Å². The summed E-state index contributed by atoms with van der Waals surface area (Å²) in [5.41, 5.74) is 3.08. The first-order valence-electron chi connectivity index (χ1n) is 5.86. The number of hydrogen-bond acceptors (Lipinski definition) is 2. The van der Waals surface area contributed by atoms with Crippen LogP contribution in [0.1, 0.15) is 30.9 Å². The minimum absolute atomic E-state index is 0.211. The normalized spacial score (nSPS) is 11.6. The number of nitrogens with one attached hydrogen (secondary N) is 1. The highest BCUT2D eigenvalue weighted by Gasteiger charge is 2.16. The minimum atomic E-state index is -0.554. The molecule has 90 valence electrons. The molecule has 0 aliphatic carbocycles. The second-order valence-electron chi connectivity index (χ2n) is 4.26. The molecule has 1 rings (SSSR count). The number of carbonyl (C=O) groups excluding carboxylic acids is 1. The summed E-state index contributed by atoms with van der Waals surface area (Å²) in [7, 11) is 0. The van der Waals surface area contributed by atoms with Gasteiger partial charge in [-0.2, -0.15) is 5.26 Å². The molecule has 1 aromatic carbocycles. The van der Waals surface area contributed by atoms with E-state index in [2.05, 4.69) is 5.32 Å². The fourth-order valence-electron chi connectivity index (χ4n) is 1.59. The molecule has 1 amide bonds. The predicted octanol–water partition coefficient (Wildman–Crippen LogP) is 3.18. The summed E-state index contributed by atoms with van der Waals surface area (Å²) in [4.78, 5) is 11.8. The summed E-state index contributed by atoms with van der Waals surface area (Å²) < 4.78 is 0. The molecule has 0 aliphatic rings. The number of carbonyl (C=O) groups is 1. The summed E-state index contributed by atoms with van der Waals surface area (Å²) in [5, 5.41) is 11.7. The Balaban J connectivity index is 2.74. The molecule has 0 saturated heterocycles. The highest BCUT2D eigenvalue weighted by molar-refractivity contribution is 5.94. The summed E-state index contributed by atoms with van der Waals surface area (Å²) in [6, 6.07) is 7.79. The molecule has 0 heterocycles. The molecule has 0 bridgehead atoms. The molecule has 0 spiro atoms. The van der Waals surface area contributed by atoms with Gasteiger partial charge in [0.05, 0.1) is 6.07 Å². The number of rotatable bonds is 4. The first-order valence-corrected chi connectivity index (χ1v) is 5.86. The molecular formula is C14H18N2O. The Hall–Kier alpha value is -1.82. The fraction of sp³-hybridized carbons (Fsp3) is 0.429. The van der Waals surface area contributed by atoms with Gasteiger partial charge in [0.15, 0.2) is 0 Å². The molecule has 3 heteroatoms. The monoisotopic (exact) mass is 230 g/mol. The van der Waals surface area contributed by atoms with Crippen molar-refractivity contribution in [3.05, 3.63) is 29.3 Å². The topological polar surface area (TPSA) is 52.9 Å². The maximum absolute atomic E-state index is 11.8. The van der Waals surface area contributed by atoms with Gasteiger partial charge in [-0.15, -0.1) is 0 Å². The molecule has 1 aromatic rings. The van der Waals surface area contributed by atoms with Crippen LogP contribution in [0.4, 0.5) is 5.69 Å². The summed E-state index contributed by atoms with van der Waals surface area (Å²) in [5.74, 6) is -0.765. The summed E-state index contributed by atoms with van der Waals surface area (Å²) in [6.07, 6.45) is 1.44. The van der Waals surface area contributed by atoms with Gasteiger partial charge in [-0.25, -0.2) is 0 Å². The number of anilines is 1. The number of benzene rings is 1. The average Bonchev–Trinajstić information content (AvgIpc) is 2.30. The summed E-state index contributed by atoms with van der Waals surface area (Å²) in [6.45, 7) is 5.99. The molecule has 1 N–H and O–H groups in total. The van der Waals surface area contributed by atoms with Gasteiger partial charge in [-0.05, 0) is 43.5 Å². The van der Waals surface area contributed by atoms with Crippen molar-refractivity contribution >= 4 is 11.6 Å². The number of amides is 1. The van der Waals surface area contributed by atoms with Crippen molar-refractivity contribution in [3.8, 4) is 6.07 Å². The largest absolute Gasteiger partial charge is 0.325 e. The van der Waals surface area contributed by atoms with Gasteiger partial charge < -0.3 is 5.32 Å². The lowest BCUT2D eigenvalue weighted by atomic mass is 10.0. The first kappa shape index (κ1) is 13.2. The molecule has 0 saturated carbocycles. The Morgan fingerprint density at radius 1 is 1.41 bits per heavy atom. The van der Waals surface area contributed by atoms with Crippen LogP contribution in [0, 0.1) is 31.1 Å². The molecule has 1 unspecified atom stereocenters. The van der Waals surface area contributed by atoms with Crippen LogP contribution < -0.4 is 5.32 Å². The molecule has 1 atom stereocenters. The first-order chi connectivity index (χ1) is 8.08. The van der Waals surface area contributed by atoms with Crippen molar-refractivity contribution < 1.29 is 4.79 Å². The number of aryl methyl sites for hydroxylation is 2. The van der Waals surface area contributed by atoms with E-state index in [-0.39, 0.29) is 5.91 Å². The molecule has 0 aromatic heterocycles. The van der Waals surface area contributed by atoms with Crippen LogP contribution in [0.25, 0.3) is 0 Å². The Labute approximate surface area is 102 Å². The van der Waals surface area contributed by atoms with Gasteiger partial charge >= 0.3 is 0 Å². The SMILES string of the molecule is CCCC(C#N)C(=O)Nc1ccc(C)c(C)c1. The van der Waals surface area contributed by atoms with Crippen LogP contribution in [0.2, 0.25) is 0 Å². The lowest BCUT2D eigenvalue weighted by Gasteiger charge is -2.10. The van der Waals surface area contributed by atoms with E-state index in [1.165, 1.54) is 5.56 Å². The minimum Gasteiger partial charge on any atom is -0.325 e. The van der Waals surface area contributed by atoms with Crippen molar-refractivity contribution in [1.82, 2.24) is 0 Å². The third kappa shape index (κ3) is 3.60. The maximum Gasteiger partial charge on any atom is 0.241 e. The van der Waals surface area contributed by atoms with Crippen LogP contribution in [-0.4, -0.2) is 5.91 Å². The van der Waals surface area contributed by atoms with Gasteiger partial charge in [-0.1, -0.05) is 19.4 Å². The molecule has 3 nitrogen and oxygen atoms in total. The van der Waals surface area contributed by atoms with E-state index in [0.717, 1.165) is 17.7 Å². The van der Waals surface area contributed by atoms with E-state index >= 15 is 0 Å². The van der Waals surface area contributed by atoms with Crippen molar-refractivity contribution in [2.75, 3.05) is 5.32 Å². The average molecular weight is 230 g/mol. The Morgan fingerprint density at radius 3 is 2.65 bits per heavy atom. The molecular weight excluding hydrogens is 212 g/mol. The van der Waals surface area contributed by atoms with Gasteiger partial charge in [0.25, 0.3) is 0 Å². The van der Waals surface area contributed by atoms with Crippen molar-refractivity contribution in [2.45, 2.75) is 33.6 Å². The number of hydrogen-bond donors (Lipinski definition) is 1. The number of nitriles is 1. The van der Waals surface area contributed by atoms with E-state index in [0.29, 0.717) is 6.42 Å². The molecule has 17 heavy (non-hydrogen) atoms. The van der Waals surface area contributed by atoms with Crippen LogP contribution in [0.5, 0.6) is 0 Å². The Kier molecular flexibility index (Phi) is 4.71. The van der Waals surface area contributed by atoms with Crippen LogP contribution in [0.15, 0.2) is 18.2 Å². The van der Waals surface area contributed by atoms with E-state index in [1.54, 1.807) is 0 Å². The van der Waals surface area contributed by atoms with Gasteiger partial charge in [0.1, 0.15) is 5.92 Å². The highest BCUT2D eigenvalue weighted by Crippen LogP contribution is 2.16. The fourth-order valence-corrected chi connectivity index (χ4v) is 1.59. The van der Waals surface area contributed by atoms with Crippen molar-refractivity contribution in [3.63, 3.8) is 0 Å². The van der Waals surface area contributed by atoms with E-state index in [4.69, 9.17) is 5.26 Å². The van der Waals surface area contributed by atoms with Gasteiger partial charge in [0.2, 0.25) is 5.91 Å². The van der Waals surface area contributed by atoms with Crippen LogP contribution in [0.3, 0.4) is 0 Å². The lowest BCUT2D eigenvalue weighted by molar-refractivity contribution is -0.118. The number of nitrogens with zero attached hydrogens (tertiary/aromatic N) is 1. The second kappa shape index (κ2) is 6.05. The second-order valence-corrected chi connectivity index (χ2v) is 4.26. The van der Waals surface area contributed by atoms with Crippen molar-refractivity contribution in [2.24, 2.45) is 5.92 Å². The molecule has 0 fully saturated rings. The Morgan fingerprint density at radius 2 is 2.12 bits per heavy atom. The Bertz CT molecular complexity index is 446. The molecule has 0 radical (unpaired) electrons. The maximum atomic E-state index is 11.8. The zero-order valence-electron chi connectivity index (χ0n) is 10.6. The van der Waals surface area contributed by atoms with Gasteiger partial charge in [-0.3, -0.25) is 4.79 Å². The van der Waals surface area contributed by atoms with E-state index in [9.17, 15) is 4.79 Å². The third-order valence-electron chi connectivity index (χ3n) is 2.82. The van der Waals surface area contributed by atoms with Crippen LogP contribution in [-0.2, 0) is 4.79 Å². The zero-order valence-corrected chi connectivity index (χ0v) is 10.6. The third-order valence-corrected chi connectivity index (χ3v) is 2.82. The van der Waals surface area contributed by atoms with Crippen molar-refractivity contribution in [1.29, 1.82) is 5.26 Å². The standard InChI is InChI=1S/C14H18N2O/c1-4-5-12(9-15)14(17)16-13-7-6-10(2)11(3)8-13/h6-8,12H,4-5H2,1-3H3,(H,16,17). The van der Waals surface area contributed by atoms with Crippen LogP contribution >= 0.6 is 0 Å². The predicted molar refractivity (Wildman–Crippen MR) is 68.6 cm³/mol. The zero-order chi connectivity index (χ0) is 12.8. The molecule has 0 aliphatic heterocycles.